The van der Waals surface area contributed by atoms with Gasteiger partial charge >= 0.3 is 5.97 Å². The molecular formula is C15H27NO4. The fourth-order valence-electron chi connectivity index (χ4n) is 2.51. The molecule has 0 aliphatic heterocycles. The fraction of sp³-hybridized carbons (Fsp3) is 0.867. The first-order valence-electron chi connectivity index (χ1n) is 7.60. The lowest BCUT2D eigenvalue weighted by Crippen LogP contribution is -2.48. The highest BCUT2D eigenvalue weighted by Crippen LogP contribution is 2.21. The van der Waals surface area contributed by atoms with Gasteiger partial charge in [0.2, 0.25) is 5.91 Å². The monoisotopic (exact) mass is 285 g/mol. The number of carboxylic acids is 1. The average Bonchev–Trinajstić information content (AvgIpc) is 2.63. The van der Waals surface area contributed by atoms with Crippen LogP contribution in [0.25, 0.3) is 0 Å². The maximum Gasteiger partial charge on any atom is 0.326 e. The van der Waals surface area contributed by atoms with Crippen molar-refractivity contribution in [2.45, 2.75) is 77.5 Å². The molecule has 20 heavy (non-hydrogen) atoms. The number of aliphatic carboxylic acids is 1. The molecule has 1 saturated carbocycles. The molecule has 0 aromatic carbocycles. The molecule has 0 aromatic rings. The Morgan fingerprint density at radius 1 is 1.10 bits per heavy atom. The minimum Gasteiger partial charge on any atom is -0.480 e. The molecule has 2 atom stereocenters. The predicted octanol–water partition coefficient (Wildman–Crippen LogP) is 2.34. The van der Waals surface area contributed by atoms with E-state index in [1.54, 1.807) is 20.8 Å². The summed E-state index contributed by atoms with van der Waals surface area (Å²) < 4.78 is 5.79. The van der Waals surface area contributed by atoms with Crippen molar-refractivity contribution in [3.63, 3.8) is 0 Å². The van der Waals surface area contributed by atoms with Crippen LogP contribution in [0.2, 0.25) is 0 Å². The Morgan fingerprint density at radius 3 is 2.10 bits per heavy atom. The lowest BCUT2D eigenvalue weighted by atomic mass is 10.0. The van der Waals surface area contributed by atoms with Gasteiger partial charge in [0.25, 0.3) is 0 Å². The average molecular weight is 285 g/mol. The second-order valence-corrected chi connectivity index (χ2v) is 5.96. The number of ether oxygens (including phenoxy) is 1. The minimum absolute atomic E-state index is 0.126. The highest BCUT2D eigenvalue weighted by molar-refractivity contribution is 5.86. The first kappa shape index (κ1) is 17.0. The van der Waals surface area contributed by atoms with Crippen LogP contribution in [0.3, 0.4) is 0 Å². The fourth-order valence-corrected chi connectivity index (χ4v) is 2.51. The van der Waals surface area contributed by atoms with Gasteiger partial charge in [-0.1, -0.05) is 39.5 Å². The Balaban J connectivity index is 2.46. The van der Waals surface area contributed by atoms with Crippen molar-refractivity contribution in [1.82, 2.24) is 5.32 Å². The summed E-state index contributed by atoms with van der Waals surface area (Å²) in [6.45, 7) is 5.24. The van der Waals surface area contributed by atoms with E-state index in [0.29, 0.717) is 0 Å². The van der Waals surface area contributed by atoms with Crippen LogP contribution in [0.4, 0.5) is 0 Å². The molecule has 0 bridgehead atoms. The second kappa shape index (κ2) is 8.25. The lowest BCUT2D eigenvalue weighted by molar-refractivity contribution is -0.146. The van der Waals surface area contributed by atoms with Gasteiger partial charge in [0.1, 0.15) is 12.1 Å². The third kappa shape index (κ3) is 5.49. The van der Waals surface area contributed by atoms with Crippen LogP contribution in [-0.4, -0.2) is 35.2 Å². The molecule has 0 radical (unpaired) electrons. The summed E-state index contributed by atoms with van der Waals surface area (Å²) in [6.07, 6.45) is 6.25. The summed E-state index contributed by atoms with van der Waals surface area (Å²) in [7, 11) is 0. The van der Waals surface area contributed by atoms with Crippen LogP contribution >= 0.6 is 0 Å². The molecule has 5 nitrogen and oxygen atoms in total. The van der Waals surface area contributed by atoms with E-state index in [1.807, 2.05) is 0 Å². The molecule has 1 unspecified atom stereocenters. The second-order valence-electron chi connectivity index (χ2n) is 5.96. The van der Waals surface area contributed by atoms with Crippen LogP contribution in [-0.2, 0) is 14.3 Å². The summed E-state index contributed by atoms with van der Waals surface area (Å²) in [5, 5.41) is 11.6. The standard InChI is InChI=1S/C15H27NO4/c1-10(2)13(15(18)19)16-14(17)11(3)20-12-8-6-4-5-7-9-12/h10-13H,4-9H2,1-3H3,(H,16,17)(H,18,19)/t11?,13-/m0/s1. The number of carboxylic acid groups (broad SMARTS) is 1. The number of hydrogen-bond donors (Lipinski definition) is 2. The molecule has 1 aliphatic carbocycles. The van der Waals surface area contributed by atoms with Gasteiger partial charge in [0.15, 0.2) is 0 Å². The summed E-state index contributed by atoms with van der Waals surface area (Å²) >= 11 is 0. The molecule has 1 rings (SSSR count). The molecule has 0 spiro atoms. The molecule has 1 amide bonds. The van der Waals surface area contributed by atoms with Crippen molar-refractivity contribution in [3.8, 4) is 0 Å². The topological polar surface area (TPSA) is 75.6 Å². The zero-order valence-corrected chi connectivity index (χ0v) is 12.7. The van der Waals surface area contributed by atoms with Gasteiger partial charge in [0, 0.05) is 0 Å². The van der Waals surface area contributed by atoms with Crippen LogP contribution in [0.1, 0.15) is 59.3 Å². The number of nitrogens with one attached hydrogen (secondary N) is 1. The quantitative estimate of drug-likeness (QED) is 0.734. The maximum absolute atomic E-state index is 12.0. The van der Waals surface area contributed by atoms with Gasteiger partial charge in [-0.2, -0.15) is 0 Å². The Morgan fingerprint density at radius 2 is 1.65 bits per heavy atom. The van der Waals surface area contributed by atoms with E-state index in [0.717, 1.165) is 25.7 Å². The largest absolute Gasteiger partial charge is 0.480 e. The SMILES string of the molecule is CC(OC1CCCCCC1)C(=O)N[C@H](C(=O)O)C(C)C. The van der Waals surface area contributed by atoms with Crippen molar-refractivity contribution in [2.24, 2.45) is 5.92 Å². The van der Waals surface area contributed by atoms with Gasteiger partial charge in [-0.15, -0.1) is 0 Å². The third-order valence-electron chi connectivity index (χ3n) is 3.80. The van der Waals surface area contributed by atoms with Crippen molar-refractivity contribution in [3.05, 3.63) is 0 Å². The molecule has 1 fully saturated rings. The zero-order chi connectivity index (χ0) is 15.1. The molecule has 1 aliphatic rings. The number of carbonyl (C=O) groups is 2. The Bertz CT molecular complexity index is 322. The highest BCUT2D eigenvalue weighted by atomic mass is 16.5. The van der Waals surface area contributed by atoms with Gasteiger partial charge in [0.05, 0.1) is 6.10 Å². The first-order valence-corrected chi connectivity index (χ1v) is 7.60. The van der Waals surface area contributed by atoms with Crippen LogP contribution in [0.15, 0.2) is 0 Å². The summed E-state index contributed by atoms with van der Waals surface area (Å²) in [5.41, 5.74) is 0. The number of carbonyl (C=O) groups excluding carboxylic acids is 1. The van der Waals surface area contributed by atoms with Crippen LogP contribution in [0.5, 0.6) is 0 Å². The molecule has 116 valence electrons. The van der Waals surface area contributed by atoms with Crippen molar-refractivity contribution >= 4 is 11.9 Å². The van der Waals surface area contributed by atoms with E-state index < -0.39 is 18.1 Å². The van der Waals surface area contributed by atoms with Crippen molar-refractivity contribution in [1.29, 1.82) is 0 Å². The van der Waals surface area contributed by atoms with E-state index in [1.165, 1.54) is 12.8 Å². The summed E-state index contributed by atoms with van der Waals surface area (Å²) in [5.74, 6) is -1.49. The van der Waals surface area contributed by atoms with E-state index in [4.69, 9.17) is 9.84 Å². The summed E-state index contributed by atoms with van der Waals surface area (Å²) in [4.78, 5) is 23.1. The molecular weight excluding hydrogens is 258 g/mol. The number of rotatable bonds is 6. The molecule has 0 saturated heterocycles. The van der Waals surface area contributed by atoms with Crippen molar-refractivity contribution in [2.75, 3.05) is 0 Å². The maximum atomic E-state index is 12.0. The predicted molar refractivity (Wildman–Crippen MR) is 76.4 cm³/mol. The third-order valence-corrected chi connectivity index (χ3v) is 3.80. The minimum atomic E-state index is -1.00. The highest BCUT2D eigenvalue weighted by Gasteiger charge is 2.27. The summed E-state index contributed by atoms with van der Waals surface area (Å²) in [6, 6.07) is -0.859. The van der Waals surface area contributed by atoms with Gasteiger partial charge in [-0.3, -0.25) is 4.79 Å². The smallest absolute Gasteiger partial charge is 0.326 e. The van der Waals surface area contributed by atoms with Gasteiger partial charge in [-0.05, 0) is 25.7 Å². The number of hydrogen-bond acceptors (Lipinski definition) is 3. The lowest BCUT2D eigenvalue weighted by Gasteiger charge is -2.23. The van der Waals surface area contributed by atoms with Crippen molar-refractivity contribution < 1.29 is 19.4 Å². The van der Waals surface area contributed by atoms with E-state index in [2.05, 4.69) is 5.32 Å². The molecule has 0 aromatic heterocycles. The van der Waals surface area contributed by atoms with E-state index in [9.17, 15) is 9.59 Å². The Labute approximate surface area is 121 Å². The molecule has 5 heteroatoms. The molecule has 0 heterocycles. The number of amides is 1. The molecule has 2 N–H and O–H groups in total. The zero-order valence-electron chi connectivity index (χ0n) is 12.7. The Kier molecular flexibility index (Phi) is 6.99. The van der Waals surface area contributed by atoms with E-state index >= 15 is 0 Å². The van der Waals surface area contributed by atoms with E-state index in [-0.39, 0.29) is 17.9 Å². The Hall–Kier alpha value is -1.10. The first-order chi connectivity index (χ1) is 9.41. The van der Waals surface area contributed by atoms with Crippen LogP contribution < -0.4 is 5.32 Å². The van der Waals surface area contributed by atoms with Gasteiger partial charge < -0.3 is 15.2 Å². The van der Waals surface area contributed by atoms with Gasteiger partial charge in [-0.25, -0.2) is 4.79 Å². The van der Waals surface area contributed by atoms with Crippen LogP contribution in [0, 0.1) is 5.92 Å². The normalized spacial score (nSPS) is 20.2.